The fraction of sp³-hybridized carbons (Fsp3) is 0.310. The lowest BCUT2D eigenvalue weighted by molar-refractivity contribution is -0.143. The van der Waals surface area contributed by atoms with Crippen LogP contribution in [-0.4, -0.2) is 32.3 Å². The number of nitrogens with zero attached hydrogens (tertiary/aromatic N) is 1. The van der Waals surface area contributed by atoms with Gasteiger partial charge in [0.05, 0.1) is 13.2 Å². The summed E-state index contributed by atoms with van der Waals surface area (Å²) in [6.07, 6.45) is 3.12. The average Bonchev–Trinajstić information content (AvgIpc) is 2.89. The van der Waals surface area contributed by atoms with Gasteiger partial charge in [0, 0.05) is 24.8 Å². The molecule has 1 N–H and O–H groups in total. The zero-order valence-electron chi connectivity index (χ0n) is 20.8. The first-order chi connectivity index (χ1) is 17.0. The Labute approximate surface area is 207 Å². The highest BCUT2D eigenvalue weighted by atomic mass is 16.5. The smallest absolute Gasteiger partial charge is 0.326 e. The minimum atomic E-state index is -0.226. The summed E-state index contributed by atoms with van der Waals surface area (Å²) in [4.78, 5) is 26.0. The molecule has 0 bridgehead atoms. The Balaban J connectivity index is 1.60. The van der Waals surface area contributed by atoms with Crippen molar-refractivity contribution < 1.29 is 19.1 Å². The molecule has 0 saturated carbocycles. The summed E-state index contributed by atoms with van der Waals surface area (Å²) in [7, 11) is 1.75. The van der Waals surface area contributed by atoms with Gasteiger partial charge in [-0.2, -0.15) is 0 Å². The monoisotopic (exact) mass is 474 g/mol. The molecule has 0 unspecified atom stereocenters. The first-order valence-electron chi connectivity index (χ1n) is 12.1. The third kappa shape index (κ3) is 7.88. The van der Waals surface area contributed by atoms with Crippen LogP contribution in [0.5, 0.6) is 5.75 Å². The van der Waals surface area contributed by atoms with Crippen LogP contribution in [0.2, 0.25) is 0 Å². The summed E-state index contributed by atoms with van der Waals surface area (Å²) in [5, 5.41) is 2.93. The second kappa shape index (κ2) is 13.2. The Hall–Kier alpha value is -3.80. The summed E-state index contributed by atoms with van der Waals surface area (Å²) in [6, 6.07) is 23.1. The van der Waals surface area contributed by atoms with Gasteiger partial charge in [0.15, 0.2) is 0 Å². The van der Waals surface area contributed by atoms with Crippen molar-refractivity contribution in [2.75, 3.05) is 30.5 Å². The van der Waals surface area contributed by atoms with E-state index in [0.717, 1.165) is 41.0 Å². The summed E-state index contributed by atoms with van der Waals surface area (Å²) in [5.41, 5.74) is 4.62. The second-order valence-electron chi connectivity index (χ2n) is 8.27. The number of anilines is 2. The van der Waals surface area contributed by atoms with Crippen LogP contribution in [0.15, 0.2) is 72.8 Å². The molecule has 0 radical (unpaired) electrons. The van der Waals surface area contributed by atoms with E-state index >= 15 is 0 Å². The molecular weight excluding hydrogens is 440 g/mol. The maximum Gasteiger partial charge on any atom is 0.326 e. The molecule has 0 saturated heterocycles. The van der Waals surface area contributed by atoms with Gasteiger partial charge in [-0.1, -0.05) is 49.7 Å². The number of carbonyl (C=O) groups is 2. The number of ether oxygens (including phenoxy) is 2. The van der Waals surface area contributed by atoms with E-state index in [1.807, 2.05) is 79.7 Å². The molecular formula is C29H34N2O4. The third-order valence-electron chi connectivity index (χ3n) is 5.62. The lowest BCUT2D eigenvalue weighted by Gasteiger charge is -2.19. The largest absolute Gasteiger partial charge is 0.494 e. The predicted octanol–water partition coefficient (Wildman–Crippen LogP) is 6.70. The fourth-order valence-electron chi connectivity index (χ4n) is 3.53. The molecule has 0 aromatic heterocycles. The minimum Gasteiger partial charge on any atom is -0.494 e. The summed E-state index contributed by atoms with van der Waals surface area (Å²) in [5.74, 6) is 0.617. The van der Waals surface area contributed by atoms with E-state index < -0.39 is 0 Å². The van der Waals surface area contributed by atoms with Crippen LogP contribution in [0.3, 0.4) is 0 Å². The molecule has 6 nitrogen and oxygen atoms in total. The van der Waals surface area contributed by atoms with Gasteiger partial charge in [0.25, 0.3) is 0 Å². The zero-order valence-corrected chi connectivity index (χ0v) is 20.8. The lowest BCUT2D eigenvalue weighted by Crippen LogP contribution is -2.31. The minimum absolute atomic E-state index is 0.179. The van der Waals surface area contributed by atoms with Gasteiger partial charge in [0.2, 0.25) is 0 Å². The van der Waals surface area contributed by atoms with E-state index in [4.69, 9.17) is 9.47 Å². The van der Waals surface area contributed by atoms with Gasteiger partial charge in [-0.15, -0.1) is 0 Å². The topological polar surface area (TPSA) is 67.9 Å². The van der Waals surface area contributed by atoms with Gasteiger partial charge in [-0.05, 0) is 72.9 Å². The average molecular weight is 475 g/mol. The first-order valence-corrected chi connectivity index (χ1v) is 12.1. The molecule has 2 amide bonds. The standard InChI is InChI=1S/C29H34N2O4/c1-4-6-20-35-27-17-15-25(16-18-27)30-29(33)31(3)26-9-7-8-24(21-26)23-13-10-22(11-14-23)12-19-28(32)34-5-2/h7-11,13-18,21H,4-6,12,19-20H2,1-3H3,(H,30,33). The molecule has 184 valence electrons. The number of amides is 2. The van der Waals surface area contributed by atoms with E-state index in [0.29, 0.717) is 31.7 Å². The maximum absolute atomic E-state index is 12.8. The SMILES string of the molecule is CCCCOc1ccc(NC(=O)N(C)c2cccc(-c3ccc(CCC(=O)OCC)cc3)c2)cc1. The zero-order chi connectivity index (χ0) is 25.0. The highest BCUT2D eigenvalue weighted by Gasteiger charge is 2.12. The maximum atomic E-state index is 12.8. The van der Waals surface area contributed by atoms with Crippen LogP contribution in [-0.2, 0) is 16.0 Å². The Kier molecular flexibility index (Phi) is 9.72. The Morgan fingerprint density at radius 1 is 0.914 bits per heavy atom. The second-order valence-corrected chi connectivity index (χ2v) is 8.27. The molecule has 0 fully saturated rings. The van der Waals surface area contributed by atoms with Gasteiger partial charge in [-0.25, -0.2) is 4.79 Å². The molecule has 0 aliphatic carbocycles. The van der Waals surface area contributed by atoms with Crippen LogP contribution in [0.25, 0.3) is 11.1 Å². The molecule has 0 atom stereocenters. The molecule has 3 rings (SSSR count). The highest BCUT2D eigenvalue weighted by molar-refractivity contribution is 6.01. The van der Waals surface area contributed by atoms with Gasteiger partial charge in [-0.3, -0.25) is 9.69 Å². The van der Waals surface area contributed by atoms with Gasteiger partial charge in [0.1, 0.15) is 5.75 Å². The van der Waals surface area contributed by atoms with E-state index in [-0.39, 0.29) is 12.0 Å². The number of aryl methyl sites for hydroxylation is 1. The third-order valence-corrected chi connectivity index (χ3v) is 5.62. The molecule has 0 spiro atoms. The quantitative estimate of drug-likeness (QED) is 0.248. The molecule has 0 aliphatic heterocycles. The van der Waals surface area contributed by atoms with Gasteiger partial charge < -0.3 is 14.8 Å². The normalized spacial score (nSPS) is 10.5. The number of unbranched alkanes of at least 4 members (excludes halogenated alkanes) is 1. The van der Waals surface area contributed by atoms with E-state index in [1.54, 1.807) is 11.9 Å². The predicted molar refractivity (Wildman–Crippen MR) is 141 cm³/mol. The van der Waals surface area contributed by atoms with Crippen molar-refractivity contribution in [3.8, 4) is 16.9 Å². The first kappa shape index (κ1) is 25.8. The fourth-order valence-corrected chi connectivity index (χ4v) is 3.53. The van der Waals surface area contributed by atoms with Crippen molar-refractivity contribution in [2.24, 2.45) is 0 Å². The number of carbonyl (C=O) groups excluding carboxylic acids is 2. The number of urea groups is 1. The molecule has 6 heteroatoms. The Morgan fingerprint density at radius 2 is 1.66 bits per heavy atom. The lowest BCUT2D eigenvalue weighted by atomic mass is 10.0. The van der Waals surface area contributed by atoms with E-state index in [1.165, 1.54) is 0 Å². The van der Waals surface area contributed by atoms with Gasteiger partial charge >= 0.3 is 12.0 Å². The van der Waals surface area contributed by atoms with E-state index in [9.17, 15) is 9.59 Å². The summed E-state index contributed by atoms with van der Waals surface area (Å²) in [6.45, 7) is 5.03. The number of benzene rings is 3. The van der Waals surface area contributed by atoms with Crippen LogP contribution in [0, 0.1) is 0 Å². The summed E-state index contributed by atoms with van der Waals surface area (Å²) >= 11 is 0. The Bertz CT molecular complexity index is 1090. The number of hydrogen-bond acceptors (Lipinski definition) is 4. The molecule has 0 aliphatic rings. The molecule has 3 aromatic rings. The number of nitrogens with one attached hydrogen (secondary N) is 1. The van der Waals surface area contributed by atoms with Crippen LogP contribution in [0.1, 0.15) is 38.7 Å². The Morgan fingerprint density at radius 3 is 2.34 bits per heavy atom. The van der Waals surface area contributed by atoms with Crippen LogP contribution < -0.4 is 15.0 Å². The molecule has 3 aromatic carbocycles. The van der Waals surface area contributed by atoms with Crippen molar-refractivity contribution in [1.82, 2.24) is 0 Å². The van der Waals surface area contributed by atoms with Crippen molar-refractivity contribution in [3.05, 3.63) is 78.4 Å². The van der Waals surface area contributed by atoms with Crippen molar-refractivity contribution >= 4 is 23.4 Å². The number of esters is 1. The van der Waals surface area contributed by atoms with Crippen LogP contribution in [0.4, 0.5) is 16.2 Å². The molecule has 0 heterocycles. The highest BCUT2D eigenvalue weighted by Crippen LogP contribution is 2.26. The summed E-state index contributed by atoms with van der Waals surface area (Å²) < 4.78 is 10.7. The van der Waals surface area contributed by atoms with Crippen molar-refractivity contribution in [1.29, 1.82) is 0 Å². The van der Waals surface area contributed by atoms with Crippen molar-refractivity contribution in [3.63, 3.8) is 0 Å². The van der Waals surface area contributed by atoms with E-state index in [2.05, 4.69) is 12.2 Å². The number of hydrogen-bond donors (Lipinski definition) is 1. The molecule has 35 heavy (non-hydrogen) atoms. The number of rotatable bonds is 11. The van der Waals surface area contributed by atoms with Crippen molar-refractivity contribution in [2.45, 2.75) is 39.5 Å². The van der Waals surface area contributed by atoms with Crippen LogP contribution >= 0.6 is 0 Å².